The molecule has 2 aliphatic rings. The summed E-state index contributed by atoms with van der Waals surface area (Å²) in [4.78, 5) is 35.9. The third kappa shape index (κ3) is 3.33. The van der Waals surface area contributed by atoms with E-state index in [1.54, 1.807) is 23.8 Å². The minimum atomic E-state index is -1.83. The second kappa shape index (κ2) is 7.25. The van der Waals surface area contributed by atoms with Crippen molar-refractivity contribution in [2.75, 3.05) is 0 Å². The smallest absolute Gasteiger partial charge is 0.343 e. The van der Waals surface area contributed by atoms with Gasteiger partial charge < -0.3 is 19.2 Å². The molecule has 0 bridgehead atoms. The number of hydrogen-bond acceptors (Lipinski definition) is 7. The van der Waals surface area contributed by atoms with E-state index in [4.69, 9.17) is 14.6 Å². The van der Waals surface area contributed by atoms with Crippen LogP contribution in [-0.4, -0.2) is 32.4 Å². The third-order valence-electron chi connectivity index (χ3n) is 6.10. The van der Waals surface area contributed by atoms with Gasteiger partial charge in [0.1, 0.15) is 12.2 Å². The van der Waals surface area contributed by atoms with Crippen LogP contribution in [-0.2, 0) is 33.1 Å². The van der Waals surface area contributed by atoms with Crippen LogP contribution < -0.4 is 5.56 Å². The quantitative estimate of drug-likeness (QED) is 0.294. The first kappa shape index (κ1) is 21.3. The molecule has 2 aliphatic heterocycles. The molecule has 3 aromatic rings. The molecule has 0 saturated carbocycles. The van der Waals surface area contributed by atoms with E-state index in [1.807, 2.05) is 45.0 Å². The molecule has 8 nitrogen and oxygen atoms in total. The highest BCUT2D eigenvalue weighted by atomic mass is 16.6. The molecular weight excluding hydrogens is 422 g/mol. The number of aliphatic hydroxyl groups is 1. The fourth-order valence-electron chi connectivity index (χ4n) is 4.38. The maximum absolute atomic E-state index is 13.3. The Morgan fingerprint density at radius 3 is 2.82 bits per heavy atom. The number of rotatable bonds is 3. The van der Waals surface area contributed by atoms with Gasteiger partial charge in [-0.05, 0) is 45.4 Å². The lowest BCUT2D eigenvalue weighted by Crippen LogP contribution is -2.44. The van der Waals surface area contributed by atoms with Crippen molar-refractivity contribution in [3.63, 3.8) is 0 Å². The molecule has 1 atom stereocenters. The van der Waals surface area contributed by atoms with Gasteiger partial charge in [0.15, 0.2) is 5.60 Å². The van der Waals surface area contributed by atoms with Gasteiger partial charge in [0, 0.05) is 22.1 Å². The Hall–Kier alpha value is -3.52. The maximum atomic E-state index is 13.3. The monoisotopic (exact) mass is 447 g/mol. The number of esters is 1. The Morgan fingerprint density at radius 1 is 1.30 bits per heavy atom. The number of carbonyl (C=O) groups is 1. The number of nitrogens with zero attached hydrogens (tertiary/aromatic N) is 3. The van der Waals surface area contributed by atoms with Gasteiger partial charge in [-0.25, -0.2) is 9.78 Å². The molecule has 170 valence electrons. The van der Waals surface area contributed by atoms with E-state index in [1.165, 1.54) is 0 Å². The summed E-state index contributed by atoms with van der Waals surface area (Å²) < 4.78 is 6.75. The van der Waals surface area contributed by atoms with Gasteiger partial charge in [-0.2, -0.15) is 0 Å². The minimum absolute atomic E-state index is 0.110. The van der Waals surface area contributed by atoms with Crippen LogP contribution in [0, 0.1) is 0 Å². The summed E-state index contributed by atoms with van der Waals surface area (Å²) in [5, 5.41) is 16.0. The zero-order valence-electron chi connectivity index (χ0n) is 19.0. The molecule has 0 radical (unpaired) electrons. The zero-order chi connectivity index (χ0) is 23.5. The van der Waals surface area contributed by atoms with E-state index in [0.717, 1.165) is 22.0 Å². The van der Waals surface area contributed by atoms with Crippen LogP contribution in [0.4, 0.5) is 0 Å². The van der Waals surface area contributed by atoms with E-state index in [2.05, 4.69) is 5.16 Å². The van der Waals surface area contributed by atoms with Gasteiger partial charge in [-0.3, -0.25) is 4.79 Å². The highest BCUT2D eigenvalue weighted by molar-refractivity contribution is 5.99. The molecule has 8 heteroatoms. The van der Waals surface area contributed by atoms with Gasteiger partial charge in [-0.1, -0.05) is 24.2 Å². The van der Waals surface area contributed by atoms with Crippen molar-refractivity contribution in [3.8, 4) is 11.4 Å². The fourth-order valence-corrected chi connectivity index (χ4v) is 4.38. The van der Waals surface area contributed by atoms with Crippen LogP contribution in [0.15, 0.2) is 40.3 Å². The molecule has 1 N–H and O–H groups in total. The first-order valence-electron chi connectivity index (χ1n) is 10.9. The number of pyridine rings is 2. The summed E-state index contributed by atoms with van der Waals surface area (Å²) >= 11 is 0. The Morgan fingerprint density at radius 2 is 2.09 bits per heavy atom. The van der Waals surface area contributed by atoms with Crippen LogP contribution in [0.1, 0.15) is 56.4 Å². The zero-order valence-corrected chi connectivity index (χ0v) is 19.0. The number of cyclic esters (lactones) is 1. The lowest BCUT2D eigenvalue weighted by molar-refractivity contribution is -0.172. The SMILES string of the molecule is CC[C@@]1(O)C(=O)OCc2c1cc1n(c2=O)Cc2cc3c(C=NOC(C)(C)C)cccc3nc2-1. The largest absolute Gasteiger partial charge is 0.458 e. The highest BCUT2D eigenvalue weighted by Gasteiger charge is 2.45. The summed E-state index contributed by atoms with van der Waals surface area (Å²) in [6.07, 6.45) is 1.78. The predicted octanol–water partition coefficient (Wildman–Crippen LogP) is 3.23. The molecule has 1 aromatic carbocycles. The van der Waals surface area contributed by atoms with E-state index in [-0.39, 0.29) is 18.6 Å². The van der Waals surface area contributed by atoms with Crippen molar-refractivity contribution < 1.29 is 19.5 Å². The number of ether oxygens (including phenoxy) is 1. The molecular formula is C25H25N3O5. The van der Waals surface area contributed by atoms with E-state index in [9.17, 15) is 14.7 Å². The summed E-state index contributed by atoms with van der Waals surface area (Å²) in [6.45, 7) is 7.67. The van der Waals surface area contributed by atoms with Gasteiger partial charge in [0.05, 0.1) is 35.2 Å². The molecule has 0 unspecified atom stereocenters. The highest BCUT2D eigenvalue weighted by Crippen LogP contribution is 2.38. The predicted molar refractivity (Wildman–Crippen MR) is 123 cm³/mol. The normalized spacial score (nSPS) is 19.4. The molecule has 0 spiro atoms. The lowest BCUT2D eigenvalue weighted by atomic mass is 9.86. The molecule has 0 aliphatic carbocycles. The van der Waals surface area contributed by atoms with Crippen LogP contribution in [0.25, 0.3) is 22.3 Å². The summed E-state index contributed by atoms with van der Waals surface area (Å²) in [7, 11) is 0. The second-order valence-electron chi connectivity index (χ2n) is 9.45. The maximum Gasteiger partial charge on any atom is 0.343 e. The van der Waals surface area contributed by atoms with E-state index >= 15 is 0 Å². The molecule has 0 saturated heterocycles. The van der Waals surface area contributed by atoms with Crippen molar-refractivity contribution in [2.24, 2.45) is 5.16 Å². The van der Waals surface area contributed by atoms with Gasteiger partial charge >= 0.3 is 5.97 Å². The average Bonchev–Trinajstić information content (AvgIpc) is 3.12. The lowest BCUT2D eigenvalue weighted by Gasteiger charge is -2.31. The van der Waals surface area contributed by atoms with Crippen LogP contribution in [0.5, 0.6) is 0 Å². The first-order chi connectivity index (χ1) is 15.6. The fraction of sp³-hybridized carbons (Fsp3) is 0.360. The standard InChI is InChI=1S/C25H25N3O5/c1-5-25(31)18-10-20-21-15(12-28(20)22(29)17(18)13-32-23(25)30)9-16-14(7-6-8-19(16)27-21)11-26-33-24(2,3)4/h6-11,31H,5,12-13H2,1-4H3/t25-/m0/s1. The van der Waals surface area contributed by atoms with Crippen molar-refractivity contribution in [2.45, 2.75) is 58.5 Å². The summed E-state index contributed by atoms with van der Waals surface area (Å²) in [6, 6.07) is 9.45. The Balaban J connectivity index is 1.65. The number of benzene rings is 1. The van der Waals surface area contributed by atoms with Gasteiger partial charge in [-0.15, -0.1) is 0 Å². The van der Waals surface area contributed by atoms with Gasteiger partial charge in [0.25, 0.3) is 5.56 Å². The van der Waals surface area contributed by atoms with Crippen molar-refractivity contribution in [3.05, 3.63) is 62.9 Å². The molecule has 4 heterocycles. The summed E-state index contributed by atoms with van der Waals surface area (Å²) in [5.74, 6) is -0.729. The number of aromatic nitrogens is 2. The Kier molecular flexibility index (Phi) is 4.68. The molecule has 2 aromatic heterocycles. The Bertz CT molecular complexity index is 1400. The topological polar surface area (TPSA) is 103 Å². The average molecular weight is 447 g/mol. The molecule has 0 fully saturated rings. The van der Waals surface area contributed by atoms with Crippen molar-refractivity contribution in [1.29, 1.82) is 0 Å². The molecule has 5 rings (SSSR count). The number of oxime groups is 1. The van der Waals surface area contributed by atoms with Crippen molar-refractivity contribution in [1.82, 2.24) is 9.55 Å². The first-order valence-corrected chi connectivity index (χ1v) is 10.9. The van der Waals surface area contributed by atoms with E-state index in [0.29, 0.717) is 29.1 Å². The van der Waals surface area contributed by atoms with Gasteiger partial charge in [0.2, 0.25) is 0 Å². The number of carbonyl (C=O) groups excluding carboxylic acids is 1. The molecule has 0 amide bonds. The van der Waals surface area contributed by atoms with Crippen LogP contribution in [0.3, 0.4) is 0 Å². The number of hydrogen-bond donors (Lipinski definition) is 1. The summed E-state index contributed by atoms with van der Waals surface area (Å²) in [5.41, 5.74) is 1.86. The van der Waals surface area contributed by atoms with Crippen LogP contribution >= 0.6 is 0 Å². The van der Waals surface area contributed by atoms with Crippen molar-refractivity contribution >= 4 is 23.1 Å². The third-order valence-corrected chi connectivity index (χ3v) is 6.10. The Labute approximate surface area is 190 Å². The molecule has 33 heavy (non-hydrogen) atoms. The minimum Gasteiger partial charge on any atom is -0.458 e. The van der Waals surface area contributed by atoms with E-state index < -0.39 is 17.2 Å². The number of fused-ring (bicyclic) bond motifs is 5. The second-order valence-corrected chi connectivity index (χ2v) is 9.45. The van der Waals surface area contributed by atoms with Crippen LogP contribution in [0.2, 0.25) is 0 Å².